The van der Waals surface area contributed by atoms with Crippen LogP contribution < -0.4 is 0 Å². The van der Waals surface area contributed by atoms with Gasteiger partial charge in [-0.3, -0.25) is 4.98 Å². The van der Waals surface area contributed by atoms with Crippen molar-refractivity contribution in [1.82, 2.24) is 4.98 Å². The second-order valence-corrected chi connectivity index (χ2v) is 5.48. The fourth-order valence-electron chi connectivity index (χ4n) is 1.89. The summed E-state index contributed by atoms with van der Waals surface area (Å²) in [5, 5.41) is 0. The van der Waals surface area contributed by atoms with Crippen LogP contribution in [0.15, 0.2) is 36.7 Å². The highest BCUT2D eigenvalue weighted by molar-refractivity contribution is 7.17. The molecule has 90 valence electrons. The molecule has 1 aliphatic heterocycles. The van der Waals surface area contributed by atoms with Crippen molar-refractivity contribution in [3.63, 3.8) is 0 Å². The highest BCUT2D eigenvalue weighted by atomic mass is 35.5. The summed E-state index contributed by atoms with van der Waals surface area (Å²) in [6.07, 6.45) is 3.32. The quantitative estimate of drug-likeness (QED) is 0.791. The van der Waals surface area contributed by atoms with E-state index in [9.17, 15) is 4.79 Å². The van der Waals surface area contributed by atoms with Gasteiger partial charge in [0.15, 0.2) is 0 Å². The number of nitrogens with zero attached hydrogens (tertiary/aromatic N) is 1. The molecule has 0 aromatic carbocycles. The van der Waals surface area contributed by atoms with Gasteiger partial charge in [0, 0.05) is 22.8 Å². The summed E-state index contributed by atoms with van der Waals surface area (Å²) in [7, 11) is 0. The van der Waals surface area contributed by atoms with Gasteiger partial charge in [-0.15, -0.1) is 11.3 Å². The highest BCUT2D eigenvalue weighted by Crippen LogP contribution is 2.36. The summed E-state index contributed by atoms with van der Waals surface area (Å²) in [5.41, 5.74) is 2.33. The van der Waals surface area contributed by atoms with Crippen molar-refractivity contribution >= 4 is 40.1 Å². The highest BCUT2D eigenvalue weighted by Gasteiger charge is 2.27. The predicted octanol–water partition coefficient (Wildman–Crippen LogP) is 3.26. The third-order valence-corrected chi connectivity index (χ3v) is 3.98. The van der Waals surface area contributed by atoms with Gasteiger partial charge in [0.25, 0.3) is 0 Å². The van der Waals surface area contributed by atoms with E-state index in [4.69, 9.17) is 16.3 Å². The molecule has 18 heavy (non-hydrogen) atoms. The lowest BCUT2D eigenvalue weighted by atomic mass is 10.0. The lowest BCUT2D eigenvalue weighted by molar-refractivity contribution is -0.133. The first-order valence-electron chi connectivity index (χ1n) is 5.32. The lowest BCUT2D eigenvalue weighted by Crippen LogP contribution is -1.98. The molecule has 1 aliphatic rings. The van der Waals surface area contributed by atoms with Gasteiger partial charge in [-0.2, -0.15) is 0 Å². The van der Waals surface area contributed by atoms with Crippen molar-refractivity contribution in [2.75, 3.05) is 6.61 Å². The van der Waals surface area contributed by atoms with Crippen LogP contribution in [0.1, 0.15) is 10.4 Å². The Hall–Kier alpha value is -1.65. The second kappa shape index (κ2) is 4.55. The predicted molar refractivity (Wildman–Crippen MR) is 71.3 cm³/mol. The standard InChI is InChI=1S/C13H8ClNO2S/c14-11-2-1-10(18-11)9-7-17-13(16)12(9)8-3-5-15-6-4-8/h1-6H,7H2. The largest absolute Gasteiger partial charge is 0.457 e. The number of aromatic nitrogens is 1. The van der Waals surface area contributed by atoms with E-state index in [0.29, 0.717) is 16.5 Å². The number of carbonyl (C=O) groups is 1. The topological polar surface area (TPSA) is 39.2 Å². The van der Waals surface area contributed by atoms with E-state index >= 15 is 0 Å². The van der Waals surface area contributed by atoms with Crippen LogP contribution in [-0.4, -0.2) is 17.6 Å². The summed E-state index contributed by atoms with van der Waals surface area (Å²) in [5.74, 6) is -0.291. The minimum absolute atomic E-state index is 0.291. The van der Waals surface area contributed by atoms with E-state index < -0.39 is 0 Å². The minimum Gasteiger partial charge on any atom is -0.457 e. The molecule has 0 N–H and O–H groups in total. The van der Waals surface area contributed by atoms with Crippen molar-refractivity contribution in [3.05, 3.63) is 51.4 Å². The Morgan fingerprint density at radius 1 is 1.22 bits per heavy atom. The first-order valence-corrected chi connectivity index (χ1v) is 6.51. The molecule has 0 aliphatic carbocycles. The van der Waals surface area contributed by atoms with Gasteiger partial charge in [0.1, 0.15) is 6.61 Å². The molecule has 0 saturated heterocycles. The molecule has 0 amide bonds. The SMILES string of the molecule is O=C1OCC(c2ccc(Cl)s2)=C1c1ccncc1. The van der Waals surface area contributed by atoms with Gasteiger partial charge in [-0.1, -0.05) is 11.6 Å². The zero-order valence-electron chi connectivity index (χ0n) is 9.22. The molecular weight excluding hydrogens is 270 g/mol. The Kier molecular flexibility index (Phi) is 2.89. The Morgan fingerprint density at radius 3 is 2.67 bits per heavy atom. The van der Waals surface area contributed by atoms with Gasteiger partial charge < -0.3 is 4.74 Å². The van der Waals surface area contributed by atoms with E-state index in [1.54, 1.807) is 24.5 Å². The molecule has 0 spiro atoms. The maximum atomic E-state index is 11.8. The Labute approximate surface area is 113 Å². The number of cyclic esters (lactones) is 1. The number of ether oxygens (including phenoxy) is 1. The summed E-state index contributed by atoms with van der Waals surface area (Å²) in [6.45, 7) is 0.299. The number of esters is 1. The van der Waals surface area contributed by atoms with Crippen LogP contribution in [0.5, 0.6) is 0 Å². The van der Waals surface area contributed by atoms with Crippen LogP contribution in [-0.2, 0) is 9.53 Å². The van der Waals surface area contributed by atoms with Gasteiger partial charge in [-0.05, 0) is 29.8 Å². The van der Waals surface area contributed by atoms with Crippen LogP contribution in [0.2, 0.25) is 4.34 Å². The number of halogens is 1. The van der Waals surface area contributed by atoms with Crippen molar-refractivity contribution < 1.29 is 9.53 Å². The molecule has 0 fully saturated rings. The average Bonchev–Trinajstić information content (AvgIpc) is 2.96. The molecule has 2 aromatic heterocycles. The van der Waals surface area contributed by atoms with Crippen LogP contribution in [0.25, 0.3) is 11.1 Å². The Morgan fingerprint density at radius 2 is 2.00 bits per heavy atom. The second-order valence-electron chi connectivity index (χ2n) is 3.77. The first-order chi connectivity index (χ1) is 8.75. The van der Waals surface area contributed by atoms with Crippen molar-refractivity contribution in [2.45, 2.75) is 0 Å². The van der Waals surface area contributed by atoms with Gasteiger partial charge in [0.2, 0.25) is 0 Å². The van der Waals surface area contributed by atoms with Crippen LogP contribution in [0.3, 0.4) is 0 Å². The maximum absolute atomic E-state index is 11.8. The van der Waals surface area contributed by atoms with Gasteiger partial charge >= 0.3 is 5.97 Å². The smallest absolute Gasteiger partial charge is 0.339 e. The van der Waals surface area contributed by atoms with Crippen LogP contribution >= 0.6 is 22.9 Å². The first kappa shape index (κ1) is 11.4. The minimum atomic E-state index is -0.291. The van der Waals surface area contributed by atoms with E-state index in [2.05, 4.69) is 4.98 Å². The molecule has 0 unspecified atom stereocenters. The molecule has 3 heterocycles. The fraction of sp³-hybridized carbons (Fsp3) is 0.0769. The number of carbonyl (C=O) groups excluding carboxylic acids is 1. The molecular formula is C13H8ClNO2S. The Bertz CT molecular complexity index is 633. The third-order valence-electron chi connectivity index (χ3n) is 2.69. The summed E-state index contributed by atoms with van der Waals surface area (Å²) in [4.78, 5) is 16.8. The molecule has 0 atom stereocenters. The number of hydrogen-bond donors (Lipinski definition) is 0. The van der Waals surface area contributed by atoms with Crippen molar-refractivity contribution in [2.24, 2.45) is 0 Å². The van der Waals surface area contributed by atoms with Crippen LogP contribution in [0.4, 0.5) is 0 Å². The number of pyridine rings is 1. The van der Waals surface area contributed by atoms with Crippen molar-refractivity contribution in [1.29, 1.82) is 0 Å². The van der Waals surface area contributed by atoms with E-state index in [-0.39, 0.29) is 5.97 Å². The molecule has 3 rings (SSSR count). The molecule has 0 saturated carbocycles. The zero-order chi connectivity index (χ0) is 12.5. The zero-order valence-corrected chi connectivity index (χ0v) is 10.8. The van der Waals surface area contributed by atoms with E-state index in [1.165, 1.54) is 11.3 Å². The van der Waals surface area contributed by atoms with E-state index in [1.807, 2.05) is 12.1 Å². The molecule has 2 aromatic rings. The average molecular weight is 278 g/mol. The fourth-order valence-corrected chi connectivity index (χ4v) is 2.97. The summed E-state index contributed by atoms with van der Waals surface area (Å²) < 4.78 is 5.83. The molecule has 3 nitrogen and oxygen atoms in total. The monoisotopic (exact) mass is 277 g/mol. The number of hydrogen-bond acceptors (Lipinski definition) is 4. The molecule has 0 bridgehead atoms. The maximum Gasteiger partial charge on any atom is 0.339 e. The van der Waals surface area contributed by atoms with Gasteiger partial charge in [-0.25, -0.2) is 4.79 Å². The van der Waals surface area contributed by atoms with Crippen molar-refractivity contribution in [3.8, 4) is 0 Å². The lowest BCUT2D eigenvalue weighted by Gasteiger charge is -2.01. The third kappa shape index (κ3) is 1.94. The number of rotatable bonds is 2. The molecule has 5 heteroatoms. The van der Waals surface area contributed by atoms with E-state index in [0.717, 1.165) is 16.0 Å². The normalized spacial score (nSPS) is 15.1. The summed E-state index contributed by atoms with van der Waals surface area (Å²) in [6, 6.07) is 7.33. The van der Waals surface area contributed by atoms with Crippen LogP contribution in [0, 0.1) is 0 Å². The van der Waals surface area contributed by atoms with Gasteiger partial charge in [0.05, 0.1) is 9.91 Å². The number of thiophene rings is 1. The molecule has 0 radical (unpaired) electrons. The summed E-state index contributed by atoms with van der Waals surface area (Å²) >= 11 is 7.37. The Balaban J connectivity index is 2.15.